The first-order chi connectivity index (χ1) is 9.24. The molecule has 0 saturated heterocycles. The lowest BCUT2D eigenvalue weighted by Crippen LogP contribution is -2.36. The molecular formula is C16H24N2O. The molecule has 0 aliphatic carbocycles. The van der Waals surface area contributed by atoms with Crippen molar-refractivity contribution in [1.82, 2.24) is 10.3 Å². The number of para-hydroxylation sites is 2. The smallest absolute Gasteiger partial charge is 0.197 e. The average molecular weight is 260 g/mol. The first-order valence-corrected chi connectivity index (χ1v) is 7.32. The third kappa shape index (κ3) is 3.57. The van der Waals surface area contributed by atoms with Gasteiger partial charge in [-0.2, -0.15) is 0 Å². The maximum Gasteiger partial charge on any atom is 0.197 e. The lowest BCUT2D eigenvalue weighted by molar-refractivity contribution is 0.336. The molecule has 1 heterocycles. The number of aromatic nitrogens is 1. The molecule has 0 bridgehead atoms. The van der Waals surface area contributed by atoms with Gasteiger partial charge in [0.05, 0.1) is 0 Å². The Morgan fingerprint density at radius 1 is 1.26 bits per heavy atom. The van der Waals surface area contributed by atoms with Gasteiger partial charge in [-0.25, -0.2) is 4.98 Å². The van der Waals surface area contributed by atoms with Crippen molar-refractivity contribution in [2.75, 3.05) is 6.54 Å². The van der Waals surface area contributed by atoms with E-state index in [4.69, 9.17) is 4.42 Å². The molecule has 0 aliphatic heterocycles. The molecule has 2 rings (SSSR count). The highest BCUT2D eigenvalue weighted by Crippen LogP contribution is 2.19. The van der Waals surface area contributed by atoms with Crippen LogP contribution in [0.3, 0.4) is 0 Å². The highest BCUT2D eigenvalue weighted by Gasteiger charge is 2.19. The summed E-state index contributed by atoms with van der Waals surface area (Å²) in [7, 11) is 0. The van der Waals surface area contributed by atoms with Gasteiger partial charge in [-0.3, -0.25) is 0 Å². The molecular weight excluding hydrogens is 236 g/mol. The fourth-order valence-electron chi connectivity index (χ4n) is 2.59. The normalized spacial score (nSPS) is 14.7. The zero-order valence-corrected chi connectivity index (χ0v) is 12.1. The van der Waals surface area contributed by atoms with Crippen LogP contribution < -0.4 is 5.32 Å². The average Bonchev–Trinajstić information content (AvgIpc) is 2.80. The summed E-state index contributed by atoms with van der Waals surface area (Å²) in [5.74, 6) is 1.48. The molecule has 2 atom stereocenters. The first-order valence-electron chi connectivity index (χ1n) is 7.32. The van der Waals surface area contributed by atoms with Crippen molar-refractivity contribution in [2.45, 2.75) is 46.1 Å². The molecule has 104 valence electrons. The number of hydrogen-bond donors (Lipinski definition) is 1. The lowest BCUT2D eigenvalue weighted by Gasteiger charge is -2.23. The van der Waals surface area contributed by atoms with E-state index in [9.17, 15) is 0 Å². The molecule has 0 fully saturated rings. The molecule has 0 saturated carbocycles. The maximum absolute atomic E-state index is 5.82. The van der Waals surface area contributed by atoms with Gasteiger partial charge in [0.25, 0.3) is 0 Å². The monoisotopic (exact) mass is 260 g/mol. The zero-order valence-electron chi connectivity index (χ0n) is 12.1. The molecule has 3 heteroatoms. The Kier molecular flexibility index (Phi) is 4.97. The number of hydrogen-bond acceptors (Lipinski definition) is 3. The van der Waals surface area contributed by atoms with E-state index in [1.165, 1.54) is 12.8 Å². The molecule has 19 heavy (non-hydrogen) atoms. The summed E-state index contributed by atoms with van der Waals surface area (Å²) in [4.78, 5) is 4.57. The van der Waals surface area contributed by atoms with E-state index in [2.05, 4.69) is 31.1 Å². The van der Waals surface area contributed by atoms with Crippen LogP contribution in [-0.4, -0.2) is 17.6 Å². The van der Waals surface area contributed by atoms with Crippen molar-refractivity contribution in [2.24, 2.45) is 5.92 Å². The van der Waals surface area contributed by atoms with Crippen LogP contribution in [0, 0.1) is 5.92 Å². The predicted molar refractivity (Wildman–Crippen MR) is 79.2 cm³/mol. The summed E-state index contributed by atoms with van der Waals surface area (Å²) < 4.78 is 5.82. The van der Waals surface area contributed by atoms with Crippen LogP contribution >= 0.6 is 0 Å². The van der Waals surface area contributed by atoms with Crippen molar-refractivity contribution >= 4 is 11.1 Å². The van der Waals surface area contributed by atoms with Crippen molar-refractivity contribution in [3.8, 4) is 0 Å². The topological polar surface area (TPSA) is 38.1 Å². The van der Waals surface area contributed by atoms with Gasteiger partial charge in [0, 0.05) is 12.5 Å². The fourth-order valence-corrected chi connectivity index (χ4v) is 2.59. The summed E-state index contributed by atoms with van der Waals surface area (Å²) in [5, 5.41) is 3.56. The molecule has 2 unspecified atom stereocenters. The molecule has 1 N–H and O–H groups in total. The Labute approximate surface area is 115 Å². The second-order valence-corrected chi connectivity index (χ2v) is 5.21. The van der Waals surface area contributed by atoms with Crippen molar-refractivity contribution in [3.05, 3.63) is 30.2 Å². The SMILES string of the molecule is CCCC(C)C(Cc1nc2ccccc2o1)NCC. The van der Waals surface area contributed by atoms with E-state index in [1.54, 1.807) is 0 Å². The lowest BCUT2D eigenvalue weighted by atomic mass is 9.94. The third-order valence-electron chi connectivity index (χ3n) is 3.63. The Morgan fingerprint density at radius 2 is 2.05 bits per heavy atom. The Bertz CT molecular complexity index is 473. The van der Waals surface area contributed by atoms with E-state index in [-0.39, 0.29) is 0 Å². The van der Waals surface area contributed by atoms with Crippen LogP contribution in [0.2, 0.25) is 0 Å². The Morgan fingerprint density at radius 3 is 2.74 bits per heavy atom. The molecule has 1 aromatic carbocycles. The summed E-state index contributed by atoms with van der Waals surface area (Å²) in [6, 6.07) is 8.40. The van der Waals surface area contributed by atoms with Gasteiger partial charge in [0.2, 0.25) is 0 Å². The Hall–Kier alpha value is -1.35. The summed E-state index contributed by atoms with van der Waals surface area (Å²) in [6.07, 6.45) is 3.32. The van der Waals surface area contributed by atoms with E-state index in [0.29, 0.717) is 12.0 Å². The fraction of sp³-hybridized carbons (Fsp3) is 0.562. The molecule has 0 aliphatic rings. The van der Waals surface area contributed by atoms with Crippen LogP contribution in [0.25, 0.3) is 11.1 Å². The minimum Gasteiger partial charge on any atom is -0.441 e. The molecule has 0 amide bonds. The van der Waals surface area contributed by atoms with Crippen molar-refractivity contribution in [3.63, 3.8) is 0 Å². The summed E-state index contributed by atoms with van der Waals surface area (Å²) in [6.45, 7) is 7.68. The van der Waals surface area contributed by atoms with Gasteiger partial charge in [-0.05, 0) is 31.0 Å². The summed E-state index contributed by atoms with van der Waals surface area (Å²) in [5.41, 5.74) is 1.84. The quantitative estimate of drug-likeness (QED) is 0.823. The number of benzene rings is 1. The van der Waals surface area contributed by atoms with Gasteiger partial charge >= 0.3 is 0 Å². The number of nitrogens with one attached hydrogen (secondary N) is 1. The minimum atomic E-state index is 0.443. The predicted octanol–water partition coefficient (Wildman–Crippen LogP) is 3.78. The van der Waals surface area contributed by atoms with Gasteiger partial charge in [0.1, 0.15) is 5.52 Å². The summed E-state index contributed by atoms with van der Waals surface area (Å²) >= 11 is 0. The van der Waals surface area contributed by atoms with Crippen molar-refractivity contribution < 1.29 is 4.42 Å². The van der Waals surface area contributed by atoms with Gasteiger partial charge in [0.15, 0.2) is 11.5 Å². The highest BCUT2D eigenvalue weighted by molar-refractivity contribution is 5.72. The minimum absolute atomic E-state index is 0.443. The standard InChI is InChI=1S/C16H24N2O/c1-4-8-12(3)14(17-5-2)11-16-18-13-9-6-7-10-15(13)19-16/h6-7,9-10,12,14,17H,4-5,8,11H2,1-3H3. The van der Waals surface area contributed by atoms with Crippen molar-refractivity contribution in [1.29, 1.82) is 0 Å². The third-order valence-corrected chi connectivity index (χ3v) is 3.63. The van der Waals surface area contributed by atoms with E-state index >= 15 is 0 Å². The largest absolute Gasteiger partial charge is 0.441 e. The van der Waals surface area contributed by atoms with Crippen LogP contribution in [-0.2, 0) is 6.42 Å². The molecule has 0 spiro atoms. The number of oxazole rings is 1. The van der Waals surface area contributed by atoms with Crippen LogP contribution in [0.5, 0.6) is 0 Å². The van der Waals surface area contributed by atoms with Crippen LogP contribution in [0.1, 0.15) is 39.5 Å². The molecule has 0 radical (unpaired) electrons. The zero-order chi connectivity index (χ0) is 13.7. The van der Waals surface area contributed by atoms with Gasteiger partial charge in [-0.1, -0.05) is 39.3 Å². The molecule has 2 aromatic rings. The van der Waals surface area contributed by atoms with Crippen LogP contribution in [0.4, 0.5) is 0 Å². The number of fused-ring (bicyclic) bond motifs is 1. The van der Waals surface area contributed by atoms with E-state index in [1.807, 2.05) is 24.3 Å². The second kappa shape index (κ2) is 6.71. The number of rotatable bonds is 7. The maximum atomic E-state index is 5.82. The molecule has 3 nitrogen and oxygen atoms in total. The number of nitrogens with zero attached hydrogens (tertiary/aromatic N) is 1. The van der Waals surface area contributed by atoms with E-state index < -0.39 is 0 Å². The molecule has 1 aromatic heterocycles. The number of likely N-dealkylation sites (N-methyl/N-ethyl adjacent to an activating group) is 1. The Balaban J connectivity index is 2.11. The van der Waals surface area contributed by atoms with Gasteiger partial charge in [-0.15, -0.1) is 0 Å². The highest BCUT2D eigenvalue weighted by atomic mass is 16.3. The van der Waals surface area contributed by atoms with E-state index in [0.717, 1.165) is 30.0 Å². The second-order valence-electron chi connectivity index (χ2n) is 5.21. The van der Waals surface area contributed by atoms with Gasteiger partial charge < -0.3 is 9.73 Å². The first kappa shape index (κ1) is 14.1. The van der Waals surface area contributed by atoms with Crippen LogP contribution in [0.15, 0.2) is 28.7 Å².